The molecule has 0 radical (unpaired) electrons. The molecule has 3 nitrogen and oxygen atoms in total. The molecule has 0 aliphatic carbocycles. The summed E-state index contributed by atoms with van der Waals surface area (Å²) in [5.74, 6) is 0.359. The van der Waals surface area contributed by atoms with Crippen molar-refractivity contribution in [2.75, 3.05) is 0 Å². The van der Waals surface area contributed by atoms with Gasteiger partial charge in [-0.1, -0.05) is 48.0 Å². The smallest absolute Gasteiger partial charge is 0.335 e. The summed E-state index contributed by atoms with van der Waals surface area (Å²) in [5.41, 5.74) is 2.44. The van der Waals surface area contributed by atoms with Crippen molar-refractivity contribution in [3.05, 3.63) is 63.6 Å². The third-order valence-corrected chi connectivity index (χ3v) is 3.98. The zero-order valence-electron chi connectivity index (χ0n) is 12.0. The molecule has 110 valence electrons. The van der Waals surface area contributed by atoms with Crippen LogP contribution in [0.1, 0.15) is 41.3 Å². The SMILES string of the molecule is CC(C)c1ccc(OCc2ccc(C(=O)O)cc2Br)cc1. The molecule has 0 atom stereocenters. The summed E-state index contributed by atoms with van der Waals surface area (Å²) in [6, 6.07) is 12.9. The van der Waals surface area contributed by atoms with E-state index in [4.69, 9.17) is 9.84 Å². The third-order valence-electron chi connectivity index (χ3n) is 3.24. The average molecular weight is 349 g/mol. The maximum Gasteiger partial charge on any atom is 0.335 e. The zero-order chi connectivity index (χ0) is 15.4. The molecule has 4 heteroatoms. The Labute approximate surface area is 132 Å². The van der Waals surface area contributed by atoms with E-state index in [-0.39, 0.29) is 5.56 Å². The van der Waals surface area contributed by atoms with Gasteiger partial charge in [-0.3, -0.25) is 0 Å². The average Bonchev–Trinajstić information content (AvgIpc) is 2.46. The second kappa shape index (κ2) is 6.76. The lowest BCUT2D eigenvalue weighted by molar-refractivity contribution is 0.0696. The number of hydrogen-bond donors (Lipinski definition) is 1. The molecule has 0 amide bonds. The van der Waals surface area contributed by atoms with Gasteiger partial charge in [0.25, 0.3) is 0 Å². The van der Waals surface area contributed by atoms with E-state index in [2.05, 4.69) is 41.9 Å². The van der Waals surface area contributed by atoms with Gasteiger partial charge >= 0.3 is 5.97 Å². The lowest BCUT2D eigenvalue weighted by atomic mass is 10.0. The lowest BCUT2D eigenvalue weighted by Crippen LogP contribution is -2.00. The minimum atomic E-state index is -0.938. The number of carbonyl (C=O) groups is 1. The van der Waals surface area contributed by atoms with Crippen LogP contribution in [-0.4, -0.2) is 11.1 Å². The summed E-state index contributed by atoms with van der Waals surface area (Å²) in [7, 11) is 0. The number of carboxylic acids is 1. The maximum absolute atomic E-state index is 10.9. The van der Waals surface area contributed by atoms with E-state index >= 15 is 0 Å². The number of hydrogen-bond acceptors (Lipinski definition) is 2. The fourth-order valence-electron chi connectivity index (χ4n) is 1.91. The normalized spacial score (nSPS) is 10.7. The van der Waals surface area contributed by atoms with Crippen LogP contribution in [0.25, 0.3) is 0 Å². The molecule has 0 fully saturated rings. The Kier molecular flexibility index (Phi) is 5.02. The highest BCUT2D eigenvalue weighted by molar-refractivity contribution is 9.10. The van der Waals surface area contributed by atoms with Gasteiger partial charge in [-0.25, -0.2) is 4.79 Å². The minimum absolute atomic E-state index is 0.256. The number of carboxylic acid groups (broad SMARTS) is 1. The first kappa shape index (κ1) is 15.6. The third kappa shape index (κ3) is 4.08. The standard InChI is InChI=1S/C17H17BrO3/c1-11(2)12-5-7-15(8-6-12)21-10-14-4-3-13(17(19)20)9-16(14)18/h3-9,11H,10H2,1-2H3,(H,19,20). The highest BCUT2D eigenvalue weighted by atomic mass is 79.9. The number of aromatic carboxylic acids is 1. The molecule has 0 saturated carbocycles. The van der Waals surface area contributed by atoms with Crippen LogP contribution < -0.4 is 4.74 Å². The highest BCUT2D eigenvalue weighted by Gasteiger charge is 2.07. The Hall–Kier alpha value is -1.81. The van der Waals surface area contributed by atoms with Crippen molar-refractivity contribution in [1.29, 1.82) is 0 Å². The molecule has 1 N–H and O–H groups in total. The highest BCUT2D eigenvalue weighted by Crippen LogP contribution is 2.22. The van der Waals surface area contributed by atoms with Crippen LogP contribution in [-0.2, 0) is 6.61 Å². The van der Waals surface area contributed by atoms with Crippen molar-refractivity contribution in [1.82, 2.24) is 0 Å². The number of ether oxygens (including phenoxy) is 1. The fraction of sp³-hybridized carbons (Fsp3) is 0.235. The molecule has 0 bridgehead atoms. The van der Waals surface area contributed by atoms with Crippen LogP contribution in [0.3, 0.4) is 0 Å². The van der Waals surface area contributed by atoms with E-state index in [9.17, 15) is 4.79 Å². The lowest BCUT2D eigenvalue weighted by Gasteiger charge is -2.10. The topological polar surface area (TPSA) is 46.5 Å². The molecule has 2 aromatic rings. The van der Waals surface area contributed by atoms with Crippen LogP contribution in [0.5, 0.6) is 5.75 Å². The van der Waals surface area contributed by atoms with Gasteiger partial charge in [-0.05, 0) is 35.7 Å². The zero-order valence-corrected chi connectivity index (χ0v) is 13.6. The van der Waals surface area contributed by atoms with Gasteiger partial charge in [-0.2, -0.15) is 0 Å². The number of halogens is 1. The Bertz CT molecular complexity index is 633. The second-order valence-electron chi connectivity index (χ2n) is 5.12. The van der Waals surface area contributed by atoms with Gasteiger partial charge in [0, 0.05) is 10.0 Å². The van der Waals surface area contributed by atoms with Crippen LogP contribution >= 0.6 is 15.9 Å². The molecule has 0 unspecified atom stereocenters. The van der Waals surface area contributed by atoms with Crippen LogP contribution in [0.2, 0.25) is 0 Å². The molecule has 21 heavy (non-hydrogen) atoms. The molecule has 0 heterocycles. The van der Waals surface area contributed by atoms with Gasteiger partial charge < -0.3 is 9.84 Å². The molecular formula is C17H17BrO3. The van der Waals surface area contributed by atoms with Crippen molar-refractivity contribution < 1.29 is 14.6 Å². The van der Waals surface area contributed by atoms with Crippen LogP contribution in [0, 0.1) is 0 Å². The first-order valence-corrected chi connectivity index (χ1v) is 7.51. The summed E-state index contributed by atoms with van der Waals surface area (Å²) in [4.78, 5) is 10.9. The van der Waals surface area contributed by atoms with Crippen LogP contribution in [0.15, 0.2) is 46.9 Å². The summed E-state index contributed by atoms with van der Waals surface area (Å²) < 4.78 is 6.47. The summed E-state index contributed by atoms with van der Waals surface area (Å²) >= 11 is 3.38. The van der Waals surface area contributed by atoms with E-state index in [0.717, 1.165) is 15.8 Å². The van der Waals surface area contributed by atoms with E-state index in [1.165, 1.54) is 5.56 Å². The van der Waals surface area contributed by atoms with Crippen molar-refractivity contribution >= 4 is 21.9 Å². The summed E-state index contributed by atoms with van der Waals surface area (Å²) in [5, 5.41) is 8.93. The molecule has 0 spiro atoms. The van der Waals surface area contributed by atoms with E-state index in [0.29, 0.717) is 12.5 Å². The Morgan fingerprint density at radius 1 is 1.19 bits per heavy atom. The molecule has 0 saturated heterocycles. The van der Waals surface area contributed by atoms with Crippen molar-refractivity contribution in [3.8, 4) is 5.75 Å². The first-order valence-electron chi connectivity index (χ1n) is 6.72. The van der Waals surface area contributed by atoms with E-state index < -0.39 is 5.97 Å². The van der Waals surface area contributed by atoms with Gasteiger partial charge in [0.1, 0.15) is 12.4 Å². The number of benzene rings is 2. The molecule has 2 rings (SSSR count). The monoisotopic (exact) mass is 348 g/mol. The fourth-order valence-corrected chi connectivity index (χ4v) is 2.40. The van der Waals surface area contributed by atoms with Gasteiger partial charge in [0.2, 0.25) is 0 Å². The summed E-state index contributed by atoms with van der Waals surface area (Å²) in [6.07, 6.45) is 0. The van der Waals surface area contributed by atoms with Gasteiger partial charge in [0.05, 0.1) is 5.56 Å². The molecule has 2 aromatic carbocycles. The van der Waals surface area contributed by atoms with Gasteiger partial charge in [0.15, 0.2) is 0 Å². The Morgan fingerprint density at radius 3 is 2.38 bits per heavy atom. The van der Waals surface area contributed by atoms with Gasteiger partial charge in [-0.15, -0.1) is 0 Å². The molecule has 0 aliphatic heterocycles. The first-order chi connectivity index (χ1) is 9.97. The predicted octanol–water partition coefficient (Wildman–Crippen LogP) is 4.85. The minimum Gasteiger partial charge on any atom is -0.489 e. The van der Waals surface area contributed by atoms with Crippen LogP contribution in [0.4, 0.5) is 0 Å². The Balaban J connectivity index is 2.04. The quantitative estimate of drug-likeness (QED) is 0.839. The maximum atomic E-state index is 10.9. The van der Waals surface area contributed by atoms with E-state index in [1.54, 1.807) is 18.2 Å². The van der Waals surface area contributed by atoms with Crippen molar-refractivity contribution in [3.63, 3.8) is 0 Å². The number of rotatable bonds is 5. The molecule has 0 aliphatic rings. The molecular weight excluding hydrogens is 332 g/mol. The summed E-state index contributed by atoms with van der Waals surface area (Å²) in [6.45, 7) is 4.69. The largest absolute Gasteiger partial charge is 0.489 e. The second-order valence-corrected chi connectivity index (χ2v) is 5.98. The predicted molar refractivity (Wildman–Crippen MR) is 86.0 cm³/mol. The Morgan fingerprint density at radius 2 is 1.86 bits per heavy atom. The van der Waals surface area contributed by atoms with Crippen molar-refractivity contribution in [2.45, 2.75) is 26.4 Å². The van der Waals surface area contributed by atoms with E-state index in [1.807, 2.05) is 12.1 Å². The van der Waals surface area contributed by atoms with Crippen molar-refractivity contribution in [2.24, 2.45) is 0 Å². The molecule has 0 aromatic heterocycles.